The molecular formula is C20H17ClN2O4. The molecule has 0 aliphatic carbocycles. The third-order valence-corrected chi connectivity index (χ3v) is 4.34. The molecule has 0 fully saturated rings. The summed E-state index contributed by atoms with van der Waals surface area (Å²) in [4.78, 5) is 37.9. The van der Waals surface area contributed by atoms with Gasteiger partial charge in [0, 0.05) is 5.69 Å². The molecule has 0 bridgehead atoms. The van der Waals surface area contributed by atoms with Crippen molar-refractivity contribution in [3.63, 3.8) is 0 Å². The summed E-state index contributed by atoms with van der Waals surface area (Å²) in [6, 6.07) is 13.3. The van der Waals surface area contributed by atoms with Crippen LogP contribution in [0.15, 0.2) is 59.3 Å². The molecule has 2 amide bonds. The largest absolute Gasteiger partial charge is 0.462 e. The van der Waals surface area contributed by atoms with Crippen molar-refractivity contribution in [3.05, 3.63) is 70.4 Å². The number of carbonyl (C=O) groups excluding carboxylic acids is 3. The molecule has 0 spiro atoms. The van der Waals surface area contributed by atoms with Crippen molar-refractivity contribution in [1.82, 2.24) is 0 Å². The molecule has 1 heterocycles. The number of amides is 2. The fourth-order valence-corrected chi connectivity index (χ4v) is 2.80. The number of carbonyl (C=O) groups is 3. The SMILES string of the molecule is CCOC(=O)c1ccc(NC2=C(Cl)C(=O)N(c3ccc(C)cc3)C2=O)cc1. The van der Waals surface area contributed by atoms with Gasteiger partial charge in [-0.2, -0.15) is 0 Å². The highest BCUT2D eigenvalue weighted by atomic mass is 35.5. The highest BCUT2D eigenvalue weighted by Gasteiger charge is 2.38. The lowest BCUT2D eigenvalue weighted by Gasteiger charge is -2.15. The van der Waals surface area contributed by atoms with E-state index in [1.54, 1.807) is 43.3 Å². The van der Waals surface area contributed by atoms with Gasteiger partial charge in [0.15, 0.2) is 0 Å². The van der Waals surface area contributed by atoms with Gasteiger partial charge in [0.05, 0.1) is 17.9 Å². The number of esters is 1. The van der Waals surface area contributed by atoms with E-state index in [9.17, 15) is 14.4 Å². The molecule has 27 heavy (non-hydrogen) atoms. The molecule has 0 radical (unpaired) electrons. The predicted octanol–water partition coefficient (Wildman–Crippen LogP) is 3.61. The summed E-state index contributed by atoms with van der Waals surface area (Å²) in [6.07, 6.45) is 0. The second-order valence-electron chi connectivity index (χ2n) is 5.89. The van der Waals surface area contributed by atoms with Crippen LogP contribution in [0.2, 0.25) is 0 Å². The van der Waals surface area contributed by atoms with E-state index in [0.29, 0.717) is 16.9 Å². The monoisotopic (exact) mass is 384 g/mol. The van der Waals surface area contributed by atoms with Crippen molar-refractivity contribution in [1.29, 1.82) is 0 Å². The van der Waals surface area contributed by atoms with E-state index in [-0.39, 0.29) is 17.3 Å². The average molecular weight is 385 g/mol. The lowest BCUT2D eigenvalue weighted by atomic mass is 10.2. The Morgan fingerprint density at radius 3 is 2.26 bits per heavy atom. The zero-order chi connectivity index (χ0) is 19.6. The number of aryl methyl sites for hydroxylation is 1. The molecule has 0 atom stereocenters. The summed E-state index contributed by atoms with van der Waals surface area (Å²) < 4.78 is 4.93. The topological polar surface area (TPSA) is 75.7 Å². The number of hydrogen-bond acceptors (Lipinski definition) is 5. The van der Waals surface area contributed by atoms with Crippen LogP contribution in [0.1, 0.15) is 22.8 Å². The number of benzene rings is 2. The minimum atomic E-state index is -0.587. The molecule has 1 N–H and O–H groups in total. The zero-order valence-corrected chi connectivity index (χ0v) is 15.5. The minimum absolute atomic E-state index is 0.00822. The summed E-state index contributed by atoms with van der Waals surface area (Å²) in [5.74, 6) is -1.56. The summed E-state index contributed by atoms with van der Waals surface area (Å²) >= 11 is 6.10. The smallest absolute Gasteiger partial charge is 0.338 e. The van der Waals surface area contributed by atoms with Gasteiger partial charge in [-0.3, -0.25) is 9.59 Å². The first kappa shape index (κ1) is 18.7. The Morgan fingerprint density at radius 1 is 1.04 bits per heavy atom. The molecule has 138 valence electrons. The Morgan fingerprint density at radius 2 is 1.67 bits per heavy atom. The molecule has 0 saturated heterocycles. The van der Waals surface area contributed by atoms with E-state index < -0.39 is 17.8 Å². The molecule has 0 unspecified atom stereocenters. The molecule has 2 aromatic carbocycles. The summed E-state index contributed by atoms with van der Waals surface area (Å²) in [7, 11) is 0. The van der Waals surface area contributed by atoms with Gasteiger partial charge in [0.1, 0.15) is 10.7 Å². The maximum absolute atomic E-state index is 12.7. The van der Waals surface area contributed by atoms with Crippen LogP contribution in [-0.2, 0) is 14.3 Å². The second kappa shape index (κ2) is 7.63. The van der Waals surface area contributed by atoms with Crippen LogP contribution in [0, 0.1) is 6.92 Å². The van der Waals surface area contributed by atoms with Gasteiger partial charge in [-0.25, -0.2) is 9.69 Å². The lowest BCUT2D eigenvalue weighted by Crippen LogP contribution is -2.32. The van der Waals surface area contributed by atoms with Crippen molar-refractivity contribution in [2.45, 2.75) is 13.8 Å². The third kappa shape index (κ3) is 3.71. The van der Waals surface area contributed by atoms with Crippen LogP contribution in [0.3, 0.4) is 0 Å². The lowest BCUT2D eigenvalue weighted by molar-refractivity contribution is -0.120. The quantitative estimate of drug-likeness (QED) is 0.629. The first-order chi connectivity index (χ1) is 12.9. The maximum Gasteiger partial charge on any atom is 0.338 e. The summed E-state index contributed by atoms with van der Waals surface area (Å²) in [5.41, 5.74) is 2.35. The molecule has 2 aromatic rings. The Hall–Kier alpha value is -3.12. The second-order valence-corrected chi connectivity index (χ2v) is 6.27. The average Bonchev–Trinajstić information content (AvgIpc) is 2.87. The molecular weight excluding hydrogens is 368 g/mol. The zero-order valence-electron chi connectivity index (χ0n) is 14.8. The van der Waals surface area contributed by atoms with E-state index >= 15 is 0 Å². The molecule has 3 rings (SSSR count). The molecule has 0 saturated carbocycles. The normalized spacial score (nSPS) is 14.0. The summed E-state index contributed by atoms with van der Waals surface area (Å²) in [5, 5.41) is 2.68. The molecule has 1 aliphatic heterocycles. The number of nitrogens with one attached hydrogen (secondary N) is 1. The molecule has 0 aromatic heterocycles. The number of imide groups is 1. The van der Waals surface area contributed by atoms with Crippen molar-refractivity contribution < 1.29 is 19.1 Å². The third-order valence-electron chi connectivity index (χ3n) is 3.98. The van der Waals surface area contributed by atoms with Gasteiger partial charge in [-0.1, -0.05) is 29.3 Å². The van der Waals surface area contributed by atoms with E-state index in [2.05, 4.69) is 5.32 Å². The van der Waals surface area contributed by atoms with Gasteiger partial charge in [0.2, 0.25) is 0 Å². The highest BCUT2D eigenvalue weighted by Crippen LogP contribution is 2.30. The van der Waals surface area contributed by atoms with E-state index in [1.807, 2.05) is 19.1 Å². The van der Waals surface area contributed by atoms with Crippen LogP contribution in [0.4, 0.5) is 11.4 Å². The standard InChI is InChI=1S/C20H17ClN2O4/c1-3-27-20(26)13-6-8-14(9-7-13)22-17-16(21)18(24)23(19(17)25)15-10-4-12(2)5-11-15/h4-11,22H,3H2,1-2H3. The first-order valence-electron chi connectivity index (χ1n) is 8.31. The number of hydrogen-bond donors (Lipinski definition) is 1. The van der Waals surface area contributed by atoms with Crippen molar-refractivity contribution >= 4 is 40.8 Å². The van der Waals surface area contributed by atoms with Crippen LogP contribution in [0.25, 0.3) is 0 Å². The number of halogens is 1. The number of rotatable bonds is 5. The van der Waals surface area contributed by atoms with Crippen molar-refractivity contribution in [3.8, 4) is 0 Å². The molecule has 7 heteroatoms. The van der Waals surface area contributed by atoms with E-state index in [0.717, 1.165) is 10.5 Å². The van der Waals surface area contributed by atoms with Crippen LogP contribution in [-0.4, -0.2) is 24.4 Å². The van der Waals surface area contributed by atoms with Gasteiger partial charge in [-0.15, -0.1) is 0 Å². The van der Waals surface area contributed by atoms with E-state index in [1.165, 1.54) is 0 Å². The van der Waals surface area contributed by atoms with Gasteiger partial charge in [0.25, 0.3) is 11.8 Å². The van der Waals surface area contributed by atoms with Crippen molar-refractivity contribution in [2.24, 2.45) is 0 Å². The van der Waals surface area contributed by atoms with Gasteiger partial charge in [-0.05, 0) is 50.2 Å². The predicted molar refractivity (Wildman–Crippen MR) is 103 cm³/mol. The Bertz CT molecular complexity index is 933. The molecule has 6 nitrogen and oxygen atoms in total. The van der Waals surface area contributed by atoms with Crippen LogP contribution >= 0.6 is 11.6 Å². The Kier molecular flexibility index (Phi) is 5.28. The fraction of sp³-hybridized carbons (Fsp3) is 0.150. The number of ether oxygens (including phenoxy) is 1. The van der Waals surface area contributed by atoms with Gasteiger partial charge >= 0.3 is 5.97 Å². The summed E-state index contributed by atoms with van der Waals surface area (Å²) in [6.45, 7) is 3.92. The number of nitrogens with zero attached hydrogens (tertiary/aromatic N) is 1. The van der Waals surface area contributed by atoms with Crippen LogP contribution in [0.5, 0.6) is 0 Å². The fourth-order valence-electron chi connectivity index (χ4n) is 2.59. The molecule has 1 aliphatic rings. The number of anilines is 2. The van der Waals surface area contributed by atoms with E-state index in [4.69, 9.17) is 16.3 Å². The van der Waals surface area contributed by atoms with Crippen molar-refractivity contribution in [2.75, 3.05) is 16.8 Å². The maximum atomic E-state index is 12.7. The highest BCUT2D eigenvalue weighted by molar-refractivity contribution is 6.53. The Balaban J connectivity index is 1.80. The Labute approximate surface area is 161 Å². The first-order valence-corrected chi connectivity index (χ1v) is 8.69. The van der Waals surface area contributed by atoms with Gasteiger partial charge < -0.3 is 10.1 Å². The van der Waals surface area contributed by atoms with Crippen LogP contribution < -0.4 is 10.2 Å². The minimum Gasteiger partial charge on any atom is -0.462 e.